The van der Waals surface area contributed by atoms with Crippen molar-refractivity contribution >= 4 is 11.8 Å². The minimum absolute atomic E-state index is 0.117. The molecule has 0 saturated carbocycles. The number of nitrogens with two attached hydrogens (primary N) is 1. The van der Waals surface area contributed by atoms with E-state index in [1.807, 2.05) is 36.4 Å². The van der Waals surface area contributed by atoms with Crippen LogP contribution in [0.5, 0.6) is 0 Å². The zero-order chi connectivity index (χ0) is 16.9. The summed E-state index contributed by atoms with van der Waals surface area (Å²) in [5, 5.41) is 11.0. The van der Waals surface area contributed by atoms with Crippen molar-refractivity contribution in [2.75, 3.05) is 19.6 Å². The Morgan fingerprint density at radius 2 is 1.83 bits per heavy atom. The number of rotatable bonds is 5. The Labute approximate surface area is 141 Å². The van der Waals surface area contributed by atoms with Crippen LogP contribution in [0.1, 0.15) is 17.0 Å². The van der Waals surface area contributed by atoms with Crippen molar-refractivity contribution in [2.24, 2.45) is 5.73 Å². The van der Waals surface area contributed by atoms with Crippen LogP contribution in [0, 0.1) is 10.1 Å². The molecular weight excluding hydrogens is 302 g/mol. The highest BCUT2D eigenvalue weighted by Crippen LogP contribution is 2.26. The van der Waals surface area contributed by atoms with Gasteiger partial charge in [-0.05, 0) is 11.6 Å². The number of hydrogen-bond acceptors (Lipinski definition) is 4. The molecule has 5 heteroatoms. The molecule has 0 spiro atoms. The standard InChI is InChI=1S/C19H21N3O2/c20-18-14-21(13-17(18)15-7-2-1-3-8-15)12-6-10-16-9-4-5-11-19(16)22(23)24/h1-11,17-18H,12-14,20H2/b10-6+/t17-,18+/m0/s1. The van der Waals surface area contributed by atoms with E-state index in [2.05, 4.69) is 17.0 Å². The smallest absolute Gasteiger partial charge is 0.276 e. The van der Waals surface area contributed by atoms with Crippen LogP contribution in [-0.2, 0) is 0 Å². The summed E-state index contributed by atoms with van der Waals surface area (Å²) in [5.74, 6) is 0.339. The van der Waals surface area contributed by atoms with E-state index in [4.69, 9.17) is 5.73 Å². The maximum absolute atomic E-state index is 11.0. The van der Waals surface area contributed by atoms with Gasteiger partial charge in [-0.2, -0.15) is 0 Å². The van der Waals surface area contributed by atoms with E-state index in [-0.39, 0.29) is 16.7 Å². The van der Waals surface area contributed by atoms with E-state index in [0.717, 1.165) is 19.6 Å². The molecule has 2 aromatic carbocycles. The van der Waals surface area contributed by atoms with Crippen LogP contribution in [0.25, 0.3) is 6.08 Å². The van der Waals surface area contributed by atoms with Gasteiger partial charge in [0.15, 0.2) is 0 Å². The third-order valence-corrected chi connectivity index (χ3v) is 4.46. The van der Waals surface area contributed by atoms with Gasteiger partial charge in [-0.25, -0.2) is 0 Å². The van der Waals surface area contributed by atoms with Gasteiger partial charge in [0, 0.05) is 37.7 Å². The molecule has 2 aromatic rings. The zero-order valence-electron chi connectivity index (χ0n) is 13.4. The average molecular weight is 323 g/mol. The lowest BCUT2D eigenvalue weighted by Gasteiger charge is -2.14. The fraction of sp³-hybridized carbons (Fsp3) is 0.263. The van der Waals surface area contributed by atoms with Gasteiger partial charge >= 0.3 is 0 Å². The predicted octanol–water partition coefficient (Wildman–Crippen LogP) is 3.03. The van der Waals surface area contributed by atoms with E-state index in [0.29, 0.717) is 11.5 Å². The first-order valence-electron chi connectivity index (χ1n) is 8.08. The van der Waals surface area contributed by atoms with Crippen molar-refractivity contribution in [3.05, 3.63) is 81.9 Å². The maximum Gasteiger partial charge on any atom is 0.276 e. The predicted molar refractivity (Wildman–Crippen MR) is 95.7 cm³/mol. The summed E-state index contributed by atoms with van der Waals surface area (Å²) in [5.41, 5.74) is 8.33. The highest BCUT2D eigenvalue weighted by molar-refractivity contribution is 5.60. The third kappa shape index (κ3) is 3.69. The average Bonchev–Trinajstić information content (AvgIpc) is 2.97. The third-order valence-electron chi connectivity index (χ3n) is 4.46. The van der Waals surface area contributed by atoms with E-state index >= 15 is 0 Å². The molecule has 0 bridgehead atoms. The molecule has 0 amide bonds. The van der Waals surface area contributed by atoms with Crippen molar-refractivity contribution in [1.29, 1.82) is 0 Å². The fourth-order valence-electron chi connectivity index (χ4n) is 3.24. The number of hydrogen-bond donors (Lipinski definition) is 1. The number of likely N-dealkylation sites (tertiary alicyclic amines) is 1. The highest BCUT2D eigenvalue weighted by atomic mass is 16.6. The van der Waals surface area contributed by atoms with Crippen LogP contribution < -0.4 is 5.73 Å². The maximum atomic E-state index is 11.0. The van der Waals surface area contributed by atoms with Gasteiger partial charge < -0.3 is 5.73 Å². The van der Waals surface area contributed by atoms with Crippen LogP contribution in [0.3, 0.4) is 0 Å². The SMILES string of the molecule is N[C@@H]1CN(C/C=C/c2ccccc2[N+](=O)[O-])C[C@H]1c1ccccc1. The summed E-state index contributed by atoms with van der Waals surface area (Å²) in [7, 11) is 0. The lowest BCUT2D eigenvalue weighted by molar-refractivity contribution is -0.385. The molecule has 0 aliphatic carbocycles. The van der Waals surface area contributed by atoms with Crippen molar-refractivity contribution in [2.45, 2.75) is 12.0 Å². The van der Waals surface area contributed by atoms with Crippen molar-refractivity contribution in [3.8, 4) is 0 Å². The highest BCUT2D eigenvalue weighted by Gasteiger charge is 2.30. The van der Waals surface area contributed by atoms with Crippen LogP contribution in [0.15, 0.2) is 60.7 Å². The first-order chi connectivity index (χ1) is 11.6. The second kappa shape index (κ2) is 7.38. The number of nitrogens with zero attached hydrogens (tertiary/aromatic N) is 2. The van der Waals surface area contributed by atoms with Crippen LogP contribution in [-0.4, -0.2) is 35.5 Å². The quantitative estimate of drug-likeness (QED) is 0.678. The van der Waals surface area contributed by atoms with Gasteiger partial charge in [-0.15, -0.1) is 0 Å². The first kappa shape index (κ1) is 16.4. The summed E-state index contributed by atoms with van der Waals surface area (Å²) in [6, 6.07) is 17.2. The molecule has 124 valence electrons. The van der Waals surface area contributed by atoms with Gasteiger partial charge in [0.25, 0.3) is 5.69 Å². The molecular formula is C19H21N3O2. The summed E-state index contributed by atoms with van der Waals surface area (Å²) in [6.07, 6.45) is 3.79. The molecule has 0 unspecified atom stereocenters. The largest absolute Gasteiger partial charge is 0.326 e. The van der Waals surface area contributed by atoms with Gasteiger partial charge in [0.1, 0.15) is 0 Å². The molecule has 2 atom stereocenters. The van der Waals surface area contributed by atoms with E-state index in [9.17, 15) is 10.1 Å². The monoisotopic (exact) mass is 323 g/mol. The molecule has 1 aliphatic rings. The number of para-hydroxylation sites is 1. The lowest BCUT2D eigenvalue weighted by atomic mass is 9.95. The lowest BCUT2D eigenvalue weighted by Crippen LogP contribution is -2.28. The Morgan fingerprint density at radius 3 is 2.58 bits per heavy atom. The Hall–Kier alpha value is -2.50. The van der Waals surface area contributed by atoms with Crippen molar-refractivity contribution < 1.29 is 4.92 Å². The summed E-state index contributed by atoms with van der Waals surface area (Å²) in [4.78, 5) is 13.0. The van der Waals surface area contributed by atoms with Gasteiger partial charge in [-0.1, -0.05) is 54.6 Å². The number of nitro benzene ring substituents is 1. The minimum atomic E-state index is -0.350. The number of nitro groups is 1. The van der Waals surface area contributed by atoms with Crippen molar-refractivity contribution in [1.82, 2.24) is 4.90 Å². The number of benzene rings is 2. The van der Waals surface area contributed by atoms with Crippen molar-refractivity contribution in [3.63, 3.8) is 0 Å². The molecule has 1 fully saturated rings. The first-order valence-corrected chi connectivity index (χ1v) is 8.08. The van der Waals surface area contributed by atoms with Gasteiger partial charge in [-0.3, -0.25) is 15.0 Å². The molecule has 24 heavy (non-hydrogen) atoms. The van der Waals surface area contributed by atoms with Crippen LogP contribution in [0.2, 0.25) is 0 Å². The fourth-order valence-corrected chi connectivity index (χ4v) is 3.24. The molecule has 3 rings (SSSR count). The molecule has 1 aliphatic heterocycles. The molecule has 2 N–H and O–H groups in total. The zero-order valence-corrected chi connectivity index (χ0v) is 13.4. The Bertz CT molecular complexity index is 730. The van der Waals surface area contributed by atoms with E-state index < -0.39 is 0 Å². The normalized spacial score (nSPS) is 21.4. The van der Waals surface area contributed by atoms with E-state index in [1.54, 1.807) is 12.1 Å². The Kier molecular flexibility index (Phi) is 5.03. The Balaban J connectivity index is 1.63. The summed E-state index contributed by atoms with van der Waals surface area (Å²) >= 11 is 0. The second-order valence-electron chi connectivity index (χ2n) is 6.12. The summed E-state index contributed by atoms with van der Waals surface area (Å²) in [6.45, 7) is 2.48. The Morgan fingerprint density at radius 1 is 1.12 bits per heavy atom. The van der Waals surface area contributed by atoms with Gasteiger partial charge in [0.2, 0.25) is 0 Å². The van der Waals surface area contributed by atoms with Gasteiger partial charge in [0.05, 0.1) is 10.5 Å². The van der Waals surface area contributed by atoms with Crippen LogP contribution >= 0.6 is 0 Å². The molecule has 1 saturated heterocycles. The molecule has 0 aromatic heterocycles. The molecule has 0 radical (unpaired) electrons. The molecule has 1 heterocycles. The van der Waals surface area contributed by atoms with Crippen LogP contribution in [0.4, 0.5) is 5.69 Å². The summed E-state index contributed by atoms with van der Waals surface area (Å²) < 4.78 is 0. The second-order valence-corrected chi connectivity index (χ2v) is 6.12. The minimum Gasteiger partial charge on any atom is -0.326 e. The topological polar surface area (TPSA) is 72.4 Å². The molecule has 5 nitrogen and oxygen atoms in total. The van der Waals surface area contributed by atoms with E-state index in [1.165, 1.54) is 11.6 Å².